The summed E-state index contributed by atoms with van der Waals surface area (Å²) in [5.41, 5.74) is 9.81. The normalized spacial score (nSPS) is 10.2. The third-order valence-corrected chi connectivity index (χ3v) is 4.68. The van der Waals surface area contributed by atoms with E-state index in [0.717, 1.165) is 5.56 Å². The maximum atomic E-state index is 12.8. The monoisotopic (exact) mass is 384 g/mol. The lowest BCUT2D eigenvalue weighted by molar-refractivity contribution is 0.0784. The van der Waals surface area contributed by atoms with Gasteiger partial charge in [-0.15, -0.1) is 0 Å². The molecule has 0 bridgehead atoms. The van der Waals surface area contributed by atoms with Crippen LogP contribution < -0.4 is 5.73 Å². The molecule has 6 heteroatoms. The fourth-order valence-electron chi connectivity index (χ4n) is 3.16. The van der Waals surface area contributed by atoms with Crippen molar-refractivity contribution < 1.29 is 9.90 Å². The molecule has 3 aromatic carbocycles. The van der Waals surface area contributed by atoms with Crippen LogP contribution in [0.4, 0.5) is 5.69 Å². The van der Waals surface area contributed by atoms with Gasteiger partial charge in [-0.25, -0.2) is 0 Å². The van der Waals surface area contributed by atoms with E-state index in [9.17, 15) is 9.90 Å². The number of nitrogens with zero attached hydrogens (tertiary/aromatic N) is 2. The van der Waals surface area contributed by atoms with Gasteiger partial charge in [0.1, 0.15) is 5.75 Å². The second-order valence-electron chi connectivity index (χ2n) is 6.65. The molecule has 144 valence electrons. The van der Waals surface area contributed by atoms with Gasteiger partial charge in [0.15, 0.2) is 0 Å². The lowest BCUT2D eigenvalue weighted by Gasteiger charge is -2.19. The SMILES string of the molecule is CN(Cc1cccc(N)c1C=N)C(=O)c1ccc(-c2cccc(C#N)c2)c(O)c1. The number of hydrogen-bond donors (Lipinski definition) is 3. The molecule has 0 aliphatic carbocycles. The number of nitrogens with two attached hydrogens (primary N) is 1. The smallest absolute Gasteiger partial charge is 0.254 e. The molecule has 0 saturated heterocycles. The number of nitrogen functional groups attached to an aromatic ring is 1. The predicted molar refractivity (Wildman–Crippen MR) is 113 cm³/mol. The van der Waals surface area contributed by atoms with Crippen molar-refractivity contribution in [3.05, 3.63) is 82.9 Å². The maximum absolute atomic E-state index is 12.8. The topological polar surface area (TPSA) is 114 Å². The van der Waals surface area contributed by atoms with Gasteiger partial charge >= 0.3 is 0 Å². The van der Waals surface area contributed by atoms with Gasteiger partial charge in [-0.3, -0.25) is 4.79 Å². The van der Waals surface area contributed by atoms with Gasteiger partial charge in [0, 0.05) is 42.2 Å². The molecule has 0 heterocycles. The van der Waals surface area contributed by atoms with E-state index in [1.54, 1.807) is 55.6 Å². The first kappa shape index (κ1) is 19.6. The van der Waals surface area contributed by atoms with Crippen molar-refractivity contribution in [3.8, 4) is 22.9 Å². The Hall–Kier alpha value is -4.11. The number of phenols is 1. The minimum atomic E-state index is -0.268. The Labute approximate surface area is 169 Å². The highest BCUT2D eigenvalue weighted by atomic mass is 16.3. The van der Waals surface area contributed by atoms with Crippen molar-refractivity contribution in [3.63, 3.8) is 0 Å². The predicted octanol–water partition coefficient (Wildman–Crippen LogP) is 3.78. The van der Waals surface area contributed by atoms with Crippen LogP contribution in [0.15, 0.2) is 60.7 Å². The average molecular weight is 384 g/mol. The standard InChI is InChI=1S/C23H20N4O2/c1-27(14-18-6-3-7-21(26)20(18)13-25)23(29)17-8-9-19(22(28)11-17)16-5-2-4-15(10-16)12-24/h2-11,13,25,28H,14,26H2,1H3. The fraction of sp³-hybridized carbons (Fsp3) is 0.0870. The Kier molecular flexibility index (Phi) is 5.61. The summed E-state index contributed by atoms with van der Waals surface area (Å²) in [6, 6.07) is 19.0. The lowest BCUT2D eigenvalue weighted by Crippen LogP contribution is -2.26. The number of anilines is 1. The number of carbonyl (C=O) groups is 1. The summed E-state index contributed by atoms with van der Waals surface area (Å²) in [4.78, 5) is 14.3. The van der Waals surface area contributed by atoms with Crippen molar-refractivity contribution in [2.24, 2.45) is 0 Å². The van der Waals surface area contributed by atoms with E-state index in [-0.39, 0.29) is 18.2 Å². The second-order valence-corrected chi connectivity index (χ2v) is 6.65. The Balaban J connectivity index is 1.85. The van der Waals surface area contributed by atoms with Crippen LogP contribution in [-0.4, -0.2) is 29.2 Å². The number of phenolic OH excluding ortho intramolecular Hbond substituents is 1. The van der Waals surface area contributed by atoms with Gasteiger partial charge in [0.25, 0.3) is 5.91 Å². The second kappa shape index (κ2) is 8.28. The molecule has 0 spiro atoms. The van der Waals surface area contributed by atoms with Crippen molar-refractivity contribution in [2.75, 3.05) is 12.8 Å². The Bertz CT molecular complexity index is 1130. The molecule has 29 heavy (non-hydrogen) atoms. The van der Waals surface area contributed by atoms with Crippen LogP contribution in [0.5, 0.6) is 5.75 Å². The van der Waals surface area contributed by atoms with E-state index in [4.69, 9.17) is 16.4 Å². The summed E-state index contributed by atoms with van der Waals surface area (Å²) < 4.78 is 0. The van der Waals surface area contributed by atoms with E-state index in [2.05, 4.69) is 6.07 Å². The molecule has 6 nitrogen and oxygen atoms in total. The first-order valence-electron chi connectivity index (χ1n) is 8.91. The van der Waals surface area contributed by atoms with Gasteiger partial charge in [0.2, 0.25) is 0 Å². The van der Waals surface area contributed by atoms with Crippen LogP contribution in [0.2, 0.25) is 0 Å². The Morgan fingerprint density at radius 1 is 1.21 bits per heavy atom. The number of hydrogen-bond acceptors (Lipinski definition) is 5. The number of amides is 1. The van der Waals surface area contributed by atoms with Gasteiger partial charge < -0.3 is 21.1 Å². The van der Waals surface area contributed by atoms with Crippen molar-refractivity contribution in [2.45, 2.75) is 6.54 Å². The summed E-state index contributed by atoms with van der Waals surface area (Å²) in [5, 5.41) is 27.0. The number of aromatic hydroxyl groups is 1. The fourth-order valence-corrected chi connectivity index (χ4v) is 3.16. The zero-order valence-electron chi connectivity index (χ0n) is 15.9. The van der Waals surface area contributed by atoms with E-state index < -0.39 is 0 Å². The summed E-state index contributed by atoms with van der Waals surface area (Å²) in [6.45, 7) is 0.279. The van der Waals surface area contributed by atoms with Crippen LogP contribution >= 0.6 is 0 Å². The van der Waals surface area contributed by atoms with Crippen LogP contribution in [0.25, 0.3) is 11.1 Å². The zero-order chi connectivity index (χ0) is 21.0. The Morgan fingerprint density at radius 2 is 1.97 bits per heavy atom. The van der Waals surface area contributed by atoms with Gasteiger partial charge in [-0.05, 0) is 47.5 Å². The summed E-state index contributed by atoms with van der Waals surface area (Å²) in [6.07, 6.45) is 1.18. The molecule has 0 aromatic heterocycles. The van der Waals surface area contributed by atoms with Crippen LogP contribution in [0.1, 0.15) is 27.0 Å². The van der Waals surface area contributed by atoms with Crippen molar-refractivity contribution in [1.29, 1.82) is 10.7 Å². The highest BCUT2D eigenvalue weighted by molar-refractivity contribution is 5.96. The summed E-state index contributed by atoms with van der Waals surface area (Å²) >= 11 is 0. The van der Waals surface area contributed by atoms with Crippen LogP contribution in [-0.2, 0) is 6.54 Å². The molecule has 3 aromatic rings. The quantitative estimate of drug-likeness (QED) is 0.459. The number of carbonyl (C=O) groups excluding carboxylic acids is 1. The molecule has 1 amide bonds. The molecule has 0 aliphatic rings. The van der Waals surface area contributed by atoms with Gasteiger partial charge in [-0.2, -0.15) is 5.26 Å². The van der Waals surface area contributed by atoms with Crippen LogP contribution in [0.3, 0.4) is 0 Å². The molecule has 0 unspecified atom stereocenters. The van der Waals surface area contributed by atoms with Gasteiger partial charge in [0.05, 0.1) is 11.6 Å². The molecule has 4 N–H and O–H groups in total. The molecular weight excluding hydrogens is 364 g/mol. The average Bonchev–Trinajstić information content (AvgIpc) is 2.73. The minimum absolute atomic E-state index is 0.0384. The highest BCUT2D eigenvalue weighted by Crippen LogP contribution is 2.31. The van der Waals surface area contributed by atoms with E-state index in [0.29, 0.717) is 33.5 Å². The van der Waals surface area contributed by atoms with E-state index >= 15 is 0 Å². The maximum Gasteiger partial charge on any atom is 0.254 e. The largest absolute Gasteiger partial charge is 0.507 e. The van der Waals surface area contributed by atoms with E-state index in [1.807, 2.05) is 6.07 Å². The first-order chi connectivity index (χ1) is 13.9. The highest BCUT2D eigenvalue weighted by Gasteiger charge is 2.16. The van der Waals surface area contributed by atoms with Crippen molar-refractivity contribution in [1.82, 2.24) is 4.90 Å². The third kappa shape index (κ3) is 4.09. The minimum Gasteiger partial charge on any atom is -0.507 e. The number of benzene rings is 3. The molecule has 0 atom stereocenters. The summed E-state index contributed by atoms with van der Waals surface area (Å²) in [7, 11) is 1.65. The number of nitriles is 1. The molecule has 3 rings (SSSR count). The molecule has 0 saturated carbocycles. The summed E-state index contributed by atoms with van der Waals surface area (Å²) in [5.74, 6) is -0.306. The van der Waals surface area contributed by atoms with Crippen molar-refractivity contribution >= 4 is 17.8 Å². The number of rotatable bonds is 5. The van der Waals surface area contributed by atoms with Crippen LogP contribution in [0, 0.1) is 16.7 Å². The molecule has 0 fully saturated rings. The molecular formula is C23H20N4O2. The lowest BCUT2D eigenvalue weighted by atomic mass is 10.0. The Morgan fingerprint density at radius 3 is 2.66 bits per heavy atom. The first-order valence-corrected chi connectivity index (χ1v) is 8.91. The van der Waals surface area contributed by atoms with E-state index in [1.165, 1.54) is 17.2 Å². The zero-order valence-corrected chi connectivity index (χ0v) is 15.9. The molecule has 0 aliphatic heterocycles. The van der Waals surface area contributed by atoms with Gasteiger partial charge in [-0.1, -0.05) is 24.3 Å². The molecule has 0 radical (unpaired) electrons. The number of nitrogens with one attached hydrogen (secondary N) is 1. The third-order valence-electron chi connectivity index (χ3n) is 4.68.